The molecule has 5 nitrogen and oxygen atoms in total. The highest BCUT2D eigenvalue weighted by Gasteiger charge is 2.10. The summed E-state index contributed by atoms with van der Waals surface area (Å²) in [6.45, 7) is 0. The molecular formula is C13H12ClN3O2. The van der Waals surface area contributed by atoms with Crippen molar-refractivity contribution in [3.05, 3.63) is 47.1 Å². The number of hydrogen-bond acceptors (Lipinski definition) is 4. The second-order valence-electron chi connectivity index (χ2n) is 3.77. The van der Waals surface area contributed by atoms with Crippen molar-refractivity contribution in [1.82, 2.24) is 4.98 Å². The Morgan fingerprint density at radius 1 is 1.37 bits per heavy atom. The average molecular weight is 278 g/mol. The lowest BCUT2D eigenvalue weighted by atomic mass is 10.2. The van der Waals surface area contributed by atoms with Crippen LogP contribution in [0.1, 0.15) is 10.4 Å². The lowest BCUT2D eigenvalue weighted by Crippen LogP contribution is -2.13. The van der Waals surface area contributed by atoms with Gasteiger partial charge in [-0.15, -0.1) is 0 Å². The maximum atomic E-state index is 12.0. The smallest absolute Gasteiger partial charge is 0.257 e. The molecule has 2 aromatic rings. The van der Waals surface area contributed by atoms with E-state index >= 15 is 0 Å². The first kappa shape index (κ1) is 13.2. The number of nitrogen functional groups attached to an aromatic ring is 1. The average Bonchev–Trinajstić information content (AvgIpc) is 2.39. The van der Waals surface area contributed by atoms with Crippen molar-refractivity contribution < 1.29 is 9.53 Å². The Hall–Kier alpha value is -2.27. The van der Waals surface area contributed by atoms with Crippen LogP contribution in [0.25, 0.3) is 0 Å². The van der Waals surface area contributed by atoms with Crippen molar-refractivity contribution in [2.24, 2.45) is 0 Å². The molecule has 19 heavy (non-hydrogen) atoms. The number of ether oxygens (including phenoxy) is 1. The molecule has 0 aliphatic rings. The Bertz CT molecular complexity index is 599. The van der Waals surface area contributed by atoms with Crippen LogP contribution >= 0.6 is 11.6 Å². The molecule has 1 aromatic heterocycles. The molecule has 3 N–H and O–H groups in total. The third kappa shape index (κ3) is 3.14. The van der Waals surface area contributed by atoms with Gasteiger partial charge in [0.2, 0.25) is 0 Å². The first-order chi connectivity index (χ1) is 9.10. The molecule has 1 heterocycles. The van der Waals surface area contributed by atoms with Crippen LogP contribution in [0.4, 0.5) is 11.5 Å². The molecule has 1 amide bonds. The molecule has 0 spiro atoms. The fourth-order valence-electron chi connectivity index (χ4n) is 1.51. The summed E-state index contributed by atoms with van der Waals surface area (Å²) in [5, 5.41) is 3.21. The quantitative estimate of drug-likeness (QED) is 0.904. The van der Waals surface area contributed by atoms with E-state index in [-0.39, 0.29) is 5.91 Å². The van der Waals surface area contributed by atoms with Gasteiger partial charge >= 0.3 is 0 Å². The molecule has 0 unspecified atom stereocenters. The number of halogens is 1. The van der Waals surface area contributed by atoms with Gasteiger partial charge in [0, 0.05) is 11.2 Å². The highest BCUT2D eigenvalue weighted by atomic mass is 35.5. The predicted molar refractivity (Wildman–Crippen MR) is 74.6 cm³/mol. The number of nitrogens with zero attached hydrogens (tertiary/aromatic N) is 1. The Morgan fingerprint density at radius 3 is 2.79 bits per heavy atom. The number of carbonyl (C=O) groups excluding carboxylic acids is 1. The molecule has 1 aromatic carbocycles. The van der Waals surface area contributed by atoms with E-state index in [1.165, 1.54) is 13.3 Å². The summed E-state index contributed by atoms with van der Waals surface area (Å²) in [5.41, 5.74) is 6.36. The van der Waals surface area contributed by atoms with Crippen molar-refractivity contribution in [2.75, 3.05) is 18.2 Å². The molecule has 0 saturated carbocycles. The number of benzene rings is 1. The number of pyridine rings is 1. The lowest BCUT2D eigenvalue weighted by Gasteiger charge is -2.10. The van der Waals surface area contributed by atoms with Crippen LogP contribution in [-0.2, 0) is 0 Å². The van der Waals surface area contributed by atoms with Gasteiger partial charge in [-0.1, -0.05) is 11.6 Å². The van der Waals surface area contributed by atoms with E-state index in [4.69, 9.17) is 22.1 Å². The number of methoxy groups -OCH3 is 1. The van der Waals surface area contributed by atoms with Crippen LogP contribution < -0.4 is 15.8 Å². The molecule has 2 rings (SSSR count). The number of aromatic nitrogens is 1. The predicted octanol–water partition coefficient (Wildman–Crippen LogP) is 2.58. The minimum absolute atomic E-state index is 0.312. The molecule has 0 radical (unpaired) electrons. The van der Waals surface area contributed by atoms with Crippen LogP contribution in [0.3, 0.4) is 0 Å². The van der Waals surface area contributed by atoms with Crippen LogP contribution in [0.5, 0.6) is 5.75 Å². The normalized spacial score (nSPS) is 10.0. The minimum Gasteiger partial charge on any atom is -0.495 e. The van der Waals surface area contributed by atoms with Gasteiger partial charge in [-0.3, -0.25) is 4.79 Å². The van der Waals surface area contributed by atoms with Crippen LogP contribution in [-0.4, -0.2) is 18.0 Å². The summed E-state index contributed by atoms with van der Waals surface area (Å²) in [7, 11) is 1.52. The molecule has 0 saturated heterocycles. The summed E-state index contributed by atoms with van der Waals surface area (Å²) in [6, 6.07) is 8.13. The first-order valence-electron chi connectivity index (χ1n) is 5.46. The Kier molecular flexibility index (Phi) is 3.87. The van der Waals surface area contributed by atoms with Crippen LogP contribution in [0, 0.1) is 0 Å². The number of amides is 1. The van der Waals surface area contributed by atoms with E-state index in [0.717, 1.165) is 0 Å². The molecule has 0 atom stereocenters. The highest BCUT2D eigenvalue weighted by molar-refractivity contribution is 6.31. The van der Waals surface area contributed by atoms with Gasteiger partial charge in [-0.2, -0.15) is 0 Å². The van der Waals surface area contributed by atoms with E-state index < -0.39 is 0 Å². The largest absolute Gasteiger partial charge is 0.495 e. The molecule has 98 valence electrons. The molecule has 0 aliphatic carbocycles. The molecule has 0 bridgehead atoms. The Balaban J connectivity index is 2.23. The van der Waals surface area contributed by atoms with Gasteiger partial charge in [-0.05, 0) is 30.3 Å². The van der Waals surface area contributed by atoms with Crippen LogP contribution in [0.15, 0.2) is 36.5 Å². The lowest BCUT2D eigenvalue weighted by molar-refractivity contribution is 0.102. The summed E-state index contributed by atoms with van der Waals surface area (Å²) >= 11 is 5.89. The summed E-state index contributed by atoms with van der Waals surface area (Å²) in [6.07, 6.45) is 1.40. The van der Waals surface area contributed by atoms with Gasteiger partial charge < -0.3 is 15.8 Å². The van der Waals surface area contributed by atoms with Crippen molar-refractivity contribution in [2.45, 2.75) is 0 Å². The van der Waals surface area contributed by atoms with Crippen molar-refractivity contribution in [3.8, 4) is 5.75 Å². The summed E-state index contributed by atoms with van der Waals surface area (Å²) in [5.74, 6) is 0.575. The number of carbonyl (C=O) groups is 1. The number of nitrogens with two attached hydrogens (primary N) is 1. The van der Waals surface area contributed by atoms with Gasteiger partial charge in [0.05, 0.1) is 18.4 Å². The van der Waals surface area contributed by atoms with E-state index in [1.54, 1.807) is 30.3 Å². The zero-order chi connectivity index (χ0) is 13.8. The molecular weight excluding hydrogens is 266 g/mol. The Labute approximate surface area is 115 Å². The van der Waals surface area contributed by atoms with E-state index in [2.05, 4.69) is 10.3 Å². The monoisotopic (exact) mass is 277 g/mol. The fraction of sp³-hybridized carbons (Fsp3) is 0.0769. The number of hydrogen-bond donors (Lipinski definition) is 2. The second kappa shape index (κ2) is 5.58. The van der Waals surface area contributed by atoms with E-state index in [9.17, 15) is 4.79 Å². The SMILES string of the molecule is COc1ccc(Cl)cc1NC(=O)c1ccc(N)nc1. The molecule has 0 aliphatic heterocycles. The second-order valence-corrected chi connectivity index (χ2v) is 4.21. The number of anilines is 2. The highest BCUT2D eigenvalue weighted by Crippen LogP contribution is 2.28. The fourth-order valence-corrected chi connectivity index (χ4v) is 1.68. The maximum absolute atomic E-state index is 12.0. The minimum atomic E-state index is -0.312. The van der Waals surface area contributed by atoms with Crippen molar-refractivity contribution >= 4 is 29.0 Å². The van der Waals surface area contributed by atoms with Crippen molar-refractivity contribution in [3.63, 3.8) is 0 Å². The molecule has 0 fully saturated rings. The summed E-state index contributed by atoms with van der Waals surface area (Å²) in [4.78, 5) is 15.9. The standard InChI is InChI=1S/C13H12ClN3O2/c1-19-11-4-3-9(14)6-10(11)17-13(18)8-2-5-12(15)16-7-8/h2-7H,1H3,(H2,15,16)(H,17,18). The zero-order valence-electron chi connectivity index (χ0n) is 10.2. The van der Waals surface area contributed by atoms with Gasteiger partial charge in [0.15, 0.2) is 0 Å². The summed E-state index contributed by atoms with van der Waals surface area (Å²) < 4.78 is 5.15. The zero-order valence-corrected chi connectivity index (χ0v) is 10.9. The number of rotatable bonds is 3. The third-order valence-corrected chi connectivity index (χ3v) is 2.69. The van der Waals surface area contributed by atoms with Crippen LogP contribution in [0.2, 0.25) is 5.02 Å². The van der Waals surface area contributed by atoms with Gasteiger partial charge in [-0.25, -0.2) is 4.98 Å². The van der Waals surface area contributed by atoms with Gasteiger partial charge in [0.1, 0.15) is 11.6 Å². The number of nitrogens with one attached hydrogen (secondary N) is 1. The third-order valence-electron chi connectivity index (χ3n) is 2.46. The maximum Gasteiger partial charge on any atom is 0.257 e. The Morgan fingerprint density at radius 2 is 2.16 bits per heavy atom. The topological polar surface area (TPSA) is 77.2 Å². The molecule has 6 heteroatoms. The van der Waals surface area contributed by atoms with Crippen molar-refractivity contribution in [1.29, 1.82) is 0 Å². The van der Waals surface area contributed by atoms with E-state index in [1.807, 2.05) is 0 Å². The van der Waals surface area contributed by atoms with Gasteiger partial charge in [0.25, 0.3) is 5.91 Å². The first-order valence-corrected chi connectivity index (χ1v) is 5.84. The van der Waals surface area contributed by atoms with E-state index in [0.29, 0.717) is 27.8 Å².